The van der Waals surface area contributed by atoms with E-state index in [2.05, 4.69) is 5.32 Å². The number of hydrogen-bond acceptors (Lipinski definition) is 6. The van der Waals surface area contributed by atoms with Crippen LogP contribution < -0.4 is 15.1 Å². The predicted molar refractivity (Wildman–Crippen MR) is 92.3 cm³/mol. The fraction of sp³-hybridized carbons (Fsp3) is 0.529. The van der Waals surface area contributed by atoms with Gasteiger partial charge in [-0.2, -0.15) is 0 Å². The van der Waals surface area contributed by atoms with Crippen LogP contribution in [0.25, 0.3) is 0 Å². The summed E-state index contributed by atoms with van der Waals surface area (Å²) in [5, 5.41) is 2.61. The van der Waals surface area contributed by atoms with Crippen LogP contribution in [-0.4, -0.2) is 64.9 Å². The first-order chi connectivity index (χ1) is 12.0. The third kappa shape index (κ3) is 5.60. The number of nitrogens with one attached hydrogen (secondary N) is 1. The molecule has 0 aliphatic carbocycles. The number of carbonyl (C=O) groups is 2. The summed E-state index contributed by atoms with van der Waals surface area (Å²) in [6.07, 6.45) is -0.520. The maximum absolute atomic E-state index is 14.5. The Morgan fingerprint density at radius 3 is 2.80 bits per heavy atom. The average Bonchev–Trinajstić information content (AvgIpc) is 2.60. The molecule has 1 aromatic carbocycles. The van der Waals surface area contributed by atoms with E-state index in [9.17, 15) is 14.0 Å². The maximum Gasteiger partial charge on any atom is 0.293 e. The fourth-order valence-electron chi connectivity index (χ4n) is 2.70. The van der Waals surface area contributed by atoms with Crippen molar-refractivity contribution in [2.45, 2.75) is 13.0 Å². The Kier molecular flexibility index (Phi) is 7.00. The molecule has 0 spiro atoms. The number of benzene rings is 1. The Bertz CT molecular complexity index is 593. The fourth-order valence-corrected chi connectivity index (χ4v) is 2.70. The number of hydrogen-bond donors (Lipinski definition) is 1. The van der Waals surface area contributed by atoms with Crippen molar-refractivity contribution in [2.24, 2.45) is 0 Å². The SMILES string of the molecule is CC(=O)NCC(CN(C)c1ccc(N2CCOCC2)c(F)c1)OC=O. The molecule has 1 saturated heterocycles. The third-order valence-electron chi connectivity index (χ3n) is 4.03. The van der Waals surface area contributed by atoms with Crippen molar-refractivity contribution in [1.29, 1.82) is 0 Å². The lowest BCUT2D eigenvalue weighted by Gasteiger charge is -2.30. The number of ether oxygens (including phenoxy) is 2. The molecule has 1 aromatic rings. The zero-order chi connectivity index (χ0) is 18.2. The van der Waals surface area contributed by atoms with Gasteiger partial charge in [-0.05, 0) is 18.2 Å². The molecule has 25 heavy (non-hydrogen) atoms. The van der Waals surface area contributed by atoms with Gasteiger partial charge in [0.1, 0.15) is 11.9 Å². The van der Waals surface area contributed by atoms with E-state index in [1.54, 1.807) is 18.0 Å². The van der Waals surface area contributed by atoms with Crippen molar-refractivity contribution in [2.75, 3.05) is 56.2 Å². The number of amides is 1. The van der Waals surface area contributed by atoms with Crippen LogP contribution in [0.1, 0.15) is 6.92 Å². The highest BCUT2D eigenvalue weighted by atomic mass is 19.1. The van der Waals surface area contributed by atoms with Gasteiger partial charge in [-0.3, -0.25) is 9.59 Å². The second kappa shape index (κ2) is 9.22. The Labute approximate surface area is 146 Å². The molecule has 1 atom stereocenters. The molecule has 138 valence electrons. The van der Waals surface area contributed by atoms with Gasteiger partial charge in [-0.15, -0.1) is 0 Å². The van der Waals surface area contributed by atoms with E-state index in [0.717, 1.165) is 0 Å². The summed E-state index contributed by atoms with van der Waals surface area (Å²) < 4.78 is 24.7. The molecule has 1 heterocycles. The van der Waals surface area contributed by atoms with Crippen molar-refractivity contribution in [3.8, 4) is 0 Å². The number of rotatable bonds is 8. The van der Waals surface area contributed by atoms with Gasteiger partial charge in [0, 0.05) is 32.7 Å². The monoisotopic (exact) mass is 353 g/mol. The minimum atomic E-state index is -0.520. The van der Waals surface area contributed by atoms with Gasteiger partial charge in [-0.25, -0.2) is 4.39 Å². The van der Waals surface area contributed by atoms with E-state index < -0.39 is 6.10 Å². The summed E-state index contributed by atoms with van der Waals surface area (Å²) in [5.74, 6) is -0.510. The molecular weight excluding hydrogens is 329 g/mol. The van der Waals surface area contributed by atoms with Crippen molar-refractivity contribution in [3.63, 3.8) is 0 Å². The molecule has 1 aliphatic rings. The lowest BCUT2D eigenvalue weighted by atomic mass is 10.2. The zero-order valence-electron chi connectivity index (χ0n) is 14.5. The largest absolute Gasteiger partial charge is 0.461 e. The smallest absolute Gasteiger partial charge is 0.293 e. The lowest BCUT2D eigenvalue weighted by Crippen LogP contribution is -2.40. The van der Waals surface area contributed by atoms with Crippen LogP contribution in [-0.2, 0) is 19.1 Å². The molecule has 8 heteroatoms. The lowest BCUT2D eigenvalue weighted by molar-refractivity contribution is -0.134. The van der Waals surface area contributed by atoms with E-state index in [0.29, 0.717) is 50.7 Å². The van der Waals surface area contributed by atoms with Gasteiger partial charge in [-0.1, -0.05) is 0 Å². The summed E-state index contributed by atoms with van der Waals surface area (Å²) in [7, 11) is 1.78. The molecule has 7 nitrogen and oxygen atoms in total. The highest BCUT2D eigenvalue weighted by Gasteiger charge is 2.18. The van der Waals surface area contributed by atoms with E-state index in [4.69, 9.17) is 9.47 Å². The molecule has 0 radical (unpaired) electrons. The van der Waals surface area contributed by atoms with E-state index in [-0.39, 0.29) is 18.3 Å². The molecule has 1 fully saturated rings. The number of anilines is 2. The molecule has 0 bridgehead atoms. The van der Waals surface area contributed by atoms with Crippen molar-refractivity contribution in [3.05, 3.63) is 24.0 Å². The van der Waals surface area contributed by atoms with Crippen LogP contribution in [0.15, 0.2) is 18.2 Å². The Hall–Kier alpha value is -2.35. The highest BCUT2D eigenvalue weighted by molar-refractivity contribution is 5.72. The van der Waals surface area contributed by atoms with E-state index in [1.807, 2.05) is 11.0 Å². The third-order valence-corrected chi connectivity index (χ3v) is 4.03. The van der Waals surface area contributed by atoms with E-state index >= 15 is 0 Å². The van der Waals surface area contributed by atoms with Crippen LogP contribution in [0, 0.1) is 5.82 Å². The van der Waals surface area contributed by atoms with Gasteiger partial charge in [0.2, 0.25) is 5.91 Å². The topological polar surface area (TPSA) is 71.1 Å². The molecule has 2 rings (SSSR count). The summed E-state index contributed by atoms with van der Waals surface area (Å²) >= 11 is 0. The number of morpholine rings is 1. The normalized spacial score (nSPS) is 15.4. The Morgan fingerprint density at radius 2 is 2.20 bits per heavy atom. The first kappa shape index (κ1) is 19.0. The average molecular weight is 353 g/mol. The first-order valence-electron chi connectivity index (χ1n) is 8.18. The summed E-state index contributed by atoms with van der Waals surface area (Å²) in [6.45, 7) is 4.78. The molecule has 1 unspecified atom stereocenters. The standard InChI is InChI=1S/C17H24FN3O4/c1-13(23)19-10-15(25-12-22)11-20(2)14-3-4-17(16(18)9-14)21-5-7-24-8-6-21/h3-4,9,12,15H,5-8,10-11H2,1-2H3,(H,19,23). The minimum Gasteiger partial charge on any atom is -0.461 e. The second-order valence-corrected chi connectivity index (χ2v) is 5.91. The van der Waals surface area contributed by atoms with Crippen molar-refractivity contribution < 1.29 is 23.5 Å². The number of likely N-dealkylation sites (N-methyl/N-ethyl adjacent to an activating group) is 1. The van der Waals surface area contributed by atoms with Crippen LogP contribution >= 0.6 is 0 Å². The van der Waals surface area contributed by atoms with Gasteiger partial charge in [0.15, 0.2) is 0 Å². The number of carbonyl (C=O) groups excluding carboxylic acids is 2. The maximum atomic E-state index is 14.5. The first-order valence-corrected chi connectivity index (χ1v) is 8.18. The summed E-state index contributed by atoms with van der Waals surface area (Å²) in [5.41, 5.74) is 1.22. The van der Waals surface area contributed by atoms with Crippen LogP contribution in [0.3, 0.4) is 0 Å². The minimum absolute atomic E-state index is 0.201. The number of halogens is 1. The zero-order valence-corrected chi connectivity index (χ0v) is 14.5. The van der Waals surface area contributed by atoms with Gasteiger partial charge in [0.25, 0.3) is 6.47 Å². The van der Waals surface area contributed by atoms with Gasteiger partial charge >= 0.3 is 0 Å². The quantitative estimate of drug-likeness (QED) is 0.697. The Morgan fingerprint density at radius 1 is 1.48 bits per heavy atom. The van der Waals surface area contributed by atoms with Gasteiger partial charge in [0.05, 0.1) is 32.0 Å². The Balaban J connectivity index is 2.02. The van der Waals surface area contributed by atoms with Crippen molar-refractivity contribution in [1.82, 2.24) is 5.32 Å². The van der Waals surface area contributed by atoms with Crippen LogP contribution in [0.5, 0.6) is 0 Å². The molecule has 0 saturated carbocycles. The highest BCUT2D eigenvalue weighted by Crippen LogP contribution is 2.25. The molecule has 1 N–H and O–H groups in total. The molecule has 1 aliphatic heterocycles. The second-order valence-electron chi connectivity index (χ2n) is 5.91. The summed E-state index contributed by atoms with van der Waals surface area (Å²) in [4.78, 5) is 25.4. The summed E-state index contributed by atoms with van der Waals surface area (Å²) in [6, 6.07) is 5.03. The van der Waals surface area contributed by atoms with E-state index in [1.165, 1.54) is 13.0 Å². The molecular formula is C17H24FN3O4. The van der Waals surface area contributed by atoms with Crippen molar-refractivity contribution >= 4 is 23.8 Å². The van der Waals surface area contributed by atoms with Crippen LogP contribution in [0.2, 0.25) is 0 Å². The van der Waals surface area contributed by atoms with Crippen LogP contribution in [0.4, 0.5) is 15.8 Å². The predicted octanol–water partition coefficient (Wildman–Crippen LogP) is 0.776. The molecule has 0 aromatic heterocycles. The molecule has 1 amide bonds. The number of nitrogens with zero attached hydrogens (tertiary/aromatic N) is 2. The van der Waals surface area contributed by atoms with Gasteiger partial charge < -0.3 is 24.6 Å².